The molecule has 4 rings (SSSR count). The molecule has 0 aliphatic heterocycles. The van der Waals surface area contributed by atoms with Gasteiger partial charge in [0, 0.05) is 6.54 Å². The van der Waals surface area contributed by atoms with Crippen LogP contribution in [0.5, 0.6) is 11.5 Å². The van der Waals surface area contributed by atoms with Gasteiger partial charge in [-0.2, -0.15) is 0 Å². The molecule has 3 aromatic carbocycles. The number of aromatic nitrogens is 3. The largest absolute Gasteiger partial charge is 0.508 e. The number of hydrogen-bond acceptors (Lipinski definition) is 5. The summed E-state index contributed by atoms with van der Waals surface area (Å²) in [5, 5.41) is 17.7. The minimum atomic E-state index is 0.230. The number of rotatable bonds is 8. The van der Waals surface area contributed by atoms with Gasteiger partial charge in [0.25, 0.3) is 0 Å². The topological polar surface area (TPSA) is 86.2 Å². The number of benzene rings is 3. The fourth-order valence-electron chi connectivity index (χ4n) is 3.48. The molecule has 0 radical (unpaired) electrons. The number of ether oxygens (including phenoxy) is 1. The molecule has 0 fully saturated rings. The molecule has 156 valence electrons. The van der Waals surface area contributed by atoms with E-state index in [2.05, 4.69) is 22.3 Å². The van der Waals surface area contributed by atoms with Gasteiger partial charge in [-0.25, -0.2) is 0 Å². The van der Waals surface area contributed by atoms with Gasteiger partial charge < -0.3 is 20.1 Å². The number of allylic oxidation sites excluding steroid dienone is 1. The molecule has 1 heterocycles. The predicted octanol–water partition coefficient (Wildman–Crippen LogP) is 3.98. The summed E-state index contributed by atoms with van der Waals surface area (Å²) in [4.78, 5) is 0. The SMILES string of the molecule is NCCOc1ccc(/C(=C(/Cn2cnnc2)c2ccccc2)c2ccc(O)cc2)cc1. The lowest BCUT2D eigenvalue weighted by Crippen LogP contribution is -2.10. The third-order valence-electron chi connectivity index (χ3n) is 4.92. The first kappa shape index (κ1) is 20.4. The van der Waals surface area contributed by atoms with Crippen molar-refractivity contribution in [2.45, 2.75) is 6.54 Å². The third-order valence-corrected chi connectivity index (χ3v) is 4.92. The molecule has 6 nitrogen and oxygen atoms in total. The van der Waals surface area contributed by atoms with Crippen LogP contribution in [0.1, 0.15) is 16.7 Å². The van der Waals surface area contributed by atoms with Crippen molar-refractivity contribution in [1.82, 2.24) is 14.8 Å². The van der Waals surface area contributed by atoms with Crippen molar-refractivity contribution in [2.75, 3.05) is 13.2 Å². The molecule has 0 saturated heterocycles. The number of phenolic OH excluding ortho intramolecular Hbond substituents is 1. The predicted molar refractivity (Wildman–Crippen MR) is 121 cm³/mol. The van der Waals surface area contributed by atoms with Crippen LogP contribution in [-0.2, 0) is 6.54 Å². The van der Waals surface area contributed by atoms with Crippen molar-refractivity contribution in [3.63, 3.8) is 0 Å². The first-order valence-corrected chi connectivity index (χ1v) is 10.1. The summed E-state index contributed by atoms with van der Waals surface area (Å²) in [6, 6.07) is 25.5. The second kappa shape index (κ2) is 9.73. The monoisotopic (exact) mass is 412 g/mol. The first-order valence-electron chi connectivity index (χ1n) is 10.1. The second-order valence-electron chi connectivity index (χ2n) is 7.06. The summed E-state index contributed by atoms with van der Waals surface area (Å²) in [6.07, 6.45) is 3.42. The Morgan fingerprint density at radius 1 is 0.806 bits per heavy atom. The van der Waals surface area contributed by atoms with Crippen LogP contribution in [-0.4, -0.2) is 33.0 Å². The average molecular weight is 412 g/mol. The van der Waals surface area contributed by atoms with Gasteiger partial charge in [0.15, 0.2) is 0 Å². The summed E-state index contributed by atoms with van der Waals surface area (Å²) in [5.41, 5.74) is 10.9. The van der Waals surface area contributed by atoms with Crippen molar-refractivity contribution in [3.05, 3.63) is 108 Å². The molecule has 4 aromatic rings. The Morgan fingerprint density at radius 2 is 1.42 bits per heavy atom. The number of nitrogens with zero attached hydrogens (tertiary/aromatic N) is 3. The van der Waals surface area contributed by atoms with Gasteiger partial charge in [0.05, 0.1) is 6.54 Å². The van der Waals surface area contributed by atoms with E-state index in [1.165, 1.54) is 0 Å². The van der Waals surface area contributed by atoms with E-state index in [1.807, 2.05) is 59.2 Å². The summed E-state index contributed by atoms with van der Waals surface area (Å²) in [5.74, 6) is 1.01. The number of aromatic hydroxyl groups is 1. The van der Waals surface area contributed by atoms with Crippen molar-refractivity contribution in [3.8, 4) is 11.5 Å². The fourth-order valence-corrected chi connectivity index (χ4v) is 3.48. The Balaban J connectivity index is 1.89. The zero-order valence-corrected chi connectivity index (χ0v) is 17.1. The number of phenols is 1. The van der Waals surface area contributed by atoms with E-state index >= 15 is 0 Å². The Kier molecular flexibility index (Phi) is 6.40. The van der Waals surface area contributed by atoms with Crippen LogP contribution < -0.4 is 10.5 Å². The maximum atomic E-state index is 9.83. The van der Waals surface area contributed by atoms with Crippen molar-refractivity contribution in [2.24, 2.45) is 5.73 Å². The molecule has 3 N–H and O–H groups in total. The van der Waals surface area contributed by atoms with Crippen LogP contribution in [0.15, 0.2) is 91.5 Å². The van der Waals surface area contributed by atoms with E-state index < -0.39 is 0 Å². The van der Waals surface area contributed by atoms with Gasteiger partial charge in [-0.1, -0.05) is 54.6 Å². The van der Waals surface area contributed by atoms with E-state index in [1.54, 1.807) is 24.8 Å². The zero-order chi connectivity index (χ0) is 21.5. The van der Waals surface area contributed by atoms with Crippen molar-refractivity contribution in [1.29, 1.82) is 0 Å². The molecule has 0 unspecified atom stereocenters. The van der Waals surface area contributed by atoms with Gasteiger partial charge in [0.2, 0.25) is 0 Å². The molecule has 6 heteroatoms. The van der Waals surface area contributed by atoms with Gasteiger partial charge in [-0.05, 0) is 52.1 Å². The van der Waals surface area contributed by atoms with E-state index in [0.29, 0.717) is 19.7 Å². The third kappa shape index (κ3) is 4.99. The maximum Gasteiger partial charge on any atom is 0.119 e. The van der Waals surface area contributed by atoms with E-state index in [4.69, 9.17) is 10.5 Å². The minimum Gasteiger partial charge on any atom is -0.508 e. The van der Waals surface area contributed by atoms with Gasteiger partial charge >= 0.3 is 0 Å². The van der Waals surface area contributed by atoms with Crippen LogP contribution >= 0.6 is 0 Å². The summed E-state index contributed by atoms with van der Waals surface area (Å²) >= 11 is 0. The molecule has 0 bridgehead atoms. The Bertz CT molecular complexity index is 1120. The highest BCUT2D eigenvalue weighted by Gasteiger charge is 2.15. The van der Waals surface area contributed by atoms with E-state index in [9.17, 15) is 5.11 Å². The normalized spacial score (nSPS) is 11.8. The zero-order valence-electron chi connectivity index (χ0n) is 17.1. The molecule has 0 aliphatic carbocycles. The highest BCUT2D eigenvalue weighted by Crippen LogP contribution is 2.34. The van der Waals surface area contributed by atoms with E-state index in [0.717, 1.165) is 33.6 Å². The lowest BCUT2D eigenvalue weighted by atomic mass is 9.89. The molecule has 1 aromatic heterocycles. The molecule has 0 aliphatic rings. The van der Waals surface area contributed by atoms with Crippen LogP contribution in [0.25, 0.3) is 11.1 Å². The highest BCUT2D eigenvalue weighted by molar-refractivity contribution is 5.98. The number of nitrogens with two attached hydrogens (primary N) is 1. The van der Waals surface area contributed by atoms with Gasteiger partial charge in [-0.3, -0.25) is 0 Å². The molecule has 0 amide bonds. The van der Waals surface area contributed by atoms with Crippen molar-refractivity contribution >= 4 is 11.1 Å². The minimum absolute atomic E-state index is 0.230. The maximum absolute atomic E-state index is 9.83. The lowest BCUT2D eigenvalue weighted by molar-refractivity contribution is 0.328. The van der Waals surface area contributed by atoms with Crippen LogP contribution in [0.3, 0.4) is 0 Å². The molecule has 31 heavy (non-hydrogen) atoms. The number of hydrogen-bond donors (Lipinski definition) is 2. The Hall–Kier alpha value is -3.90. The highest BCUT2D eigenvalue weighted by atomic mass is 16.5. The fraction of sp³-hybridized carbons (Fsp3) is 0.120. The van der Waals surface area contributed by atoms with Crippen LogP contribution in [0.2, 0.25) is 0 Å². The molecule has 0 saturated carbocycles. The molecular formula is C25H24N4O2. The Labute approximate surface area is 181 Å². The summed E-state index contributed by atoms with van der Waals surface area (Å²) in [7, 11) is 0. The summed E-state index contributed by atoms with van der Waals surface area (Å²) in [6.45, 7) is 1.54. The average Bonchev–Trinajstić information content (AvgIpc) is 3.33. The standard InChI is InChI=1S/C25H24N4O2/c26-14-15-31-23-12-8-21(9-13-23)25(20-6-10-22(30)11-7-20)24(16-29-17-27-28-18-29)19-4-2-1-3-5-19/h1-13,17-18,30H,14-16,26H2/b25-24-. The van der Waals surface area contributed by atoms with Gasteiger partial charge in [0.1, 0.15) is 30.8 Å². The summed E-state index contributed by atoms with van der Waals surface area (Å²) < 4.78 is 7.59. The molecule has 0 atom stereocenters. The Morgan fingerprint density at radius 3 is 2.03 bits per heavy atom. The van der Waals surface area contributed by atoms with Gasteiger partial charge in [-0.15, -0.1) is 10.2 Å². The molecular weight excluding hydrogens is 388 g/mol. The van der Waals surface area contributed by atoms with Crippen molar-refractivity contribution < 1.29 is 9.84 Å². The molecule has 0 spiro atoms. The second-order valence-corrected chi connectivity index (χ2v) is 7.06. The van der Waals surface area contributed by atoms with Crippen LogP contribution in [0.4, 0.5) is 0 Å². The van der Waals surface area contributed by atoms with E-state index in [-0.39, 0.29) is 5.75 Å². The first-order chi connectivity index (χ1) is 15.2. The lowest BCUT2D eigenvalue weighted by Gasteiger charge is -2.18. The quantitative estimate of drug-likeness (QED) is 0.428. The van der Waals surface area contributed by atoms with Crippen LogP contribution in [0, 0.1) is 0 Å². The smallest absolute Gasteiger partial charge is 0.119 e.